The van der Waals surface area contributed by atoms with Gasteiger partial charge in [-0.05, 0) is 5.56 Å². The summed E-state index contributed by atoms with van der Waals surface area (Å²) in [5, 5.41) is 10.5. The Morgan fingerprint density at radius 3 is 2.42 bits per heavy atom. The normalized spacial score (nSPS) is 13.5. The van der Waals surface area contributed by atoms with Gasteiger partial charge in [0.05, 0.1) is 25.9 Å². The van der Waals surface area contributed by atoms with E-state index in [1.807, 2.05) is 30.3 Å². The van der Waals surface area contributed by atoms with Crippen molar-refractivity contribution in [2.75, 3.05) is 19.8 Å². The van der Waals surface area contributed by atoms with Crippen LogP contribution in [0.3, 0.4) is 0 Å². The van der Waals surface area contributed by atoms with E-state index in [-0.39, 0.29) is 19.6 Å². The number of alkyl halides is 3. The van der Waals surface area contributed by atoms with Crippen LogP contribution in [-0.2, 0) is 21.2 Å². The van der Waals surface area contributed by atoms with E-state index in [4.69, 9.17) is 4.74 Å². The topological polar surface area (TPSA) is 38.4 Å². The zero-order valence-corrected chi connectivity index (χ0v) is 10.4. The zero-order valence-electron chi connectivity index (χ0n) is 10.4. The molecule has 0 aliphatic rings. The lowest BCUT2D eigenvalue weighted by molar-refractivity contribution is -0.192. The lowest BCUT2D eigenvalue weighted by Gasteiger charge is -2.18. The maximum Gasteiger partial charge on any atom is 0.411 e. The first-order chi connectivity index (χ1) is 9.01. The lowest BCUT2D eigenvalue weighted by atomic mass is 10.2. The molecule has 3 nitrogen and oxygen atoms in total. The Hall–Kier alpha value is -1.11. The van der Waals surface area contributed by atoms with Crippen LogP contribution in [0.5, 0.6) is 0 Å². The molecule has 0 N–H and O–H groups in total. The molecule has 0 fully saturated rings. The highest BCUT2D eigenvalue weighted by atomic mass is 19.4. The first-order valence-electron chi connectivity index (χ1n) is 5.89. The molecule has 1 unspecified atom stereocenters. The van der Waals surface area contributed by atoms with Gasteiger partial charge in [0.2, 0.25) is 0 Å². The third-order valence-corrected chi connectivity index (χ3v) is 2.34. The van der Waals surface area contributed by atoms with E-state index < -0.39 is 25.5 Å². The van der Waals surface area contributed by atoms with Gasteiger partial charge in [0.25, 0.3) is 0 Å². The first kappa shape index (κ1) is 15.9. The van der Waals surface area contributed by atoms with Crippen molar-refractivity contribution in [3.05, 3.63) is 35.9 Å². The fourth-order valence-electron chi connectivity index (χ4n) is 1.44. The van der Waals surface area contributed by atoms with Crippen LogP contribution in [0, 0.1) is 0 Å². The highest BCUT2D eigenvalue weighted by molar-refractivity contribution is 5.13. The monoisotopic (exact) mass is 277 g/mol. The van der Waals surface area contributed by atoms with E-state index in [9.17, 15) is 18.3 Å². The lowest BCUT2D eigenvalue weighted by Crippen LogP contribution is -2.27. The van der Waals surface area contributed by atoms with E-state index in [0.29, 0.717) is 0 Å². The molecule has 19 heavy (non-hydrogen) atoms. The first-order valence-corrected chi connectivity index (χ1v) is 5.89. The molecule has 1 rings (SSSR count). The molecule has 1 radical (unpaired) electrons. The Kier molecular flexibility index (Phi) is 6.83. The molecular weight excluding hydrogens is 261 g/mol. The molecule has 0 aromatic heterocycles. The number of benzene rings is 1. The number of ether oxygens (including phenoxy) is 2. The van der Waals surface area contributed by atoms with Crippen molar-refractivity contribution < 1.29 is 27.8 Å². The Labute approximate surface area is 110 Å². The molecule has 1 aromatic rings. The van der Waals surface area contributed by atoms with Crippen LogP contribution in [0.2, 0.25) is 0 Å². The molecule has 6 heteroatoms. The SMILES string of the molecule is [O]CCC(COCc1ccccc1)OCC(F)(F)F. The summed E-state index contributed by atoms with van der Waals surface area (Å²) in [6, 6.07) is 9.23. The quantitative estimate of drug-likeness (QED) is 0.732. The van der Waals surface area contributed by atoms with Crippen LogP contribution in [0.25, 0.3) is 0 Å². The van der Waals surface area contributed by atoms with Crippen LogP contribution in [0.4, 0.5) is 13.2 Å². The summed E-state index contributed by atoms with van der Waals surface area (Å²) in [6.07, 6.45) is -5.20. The summed E-state index contributed by atoms with van der Waals surface area (Å²) in [6.45, 7) is -1.58. The van der Waals surface area contributed by atoms with Gasteiger partial charge in [0, 0.05) is 6.42 Å². The molecular formula is C13H16F3O3. The maximum atomic E-state index is 12.0. The van der Waals surface area contributed by atoms with E-state index in [2.05, 4.69) is 4.74 Å². The van der Waals surface area contributed by atoms with Crippen molar-refractivity contribution in [1.82, 2.24) is 0 Å². The molecule has 0 saturated heterocycles. The highest BCUT2D eigenvalue weighted by Crippen LogP contribution is 2.16. The summed E-state index contributed by atoms with van der Waals surface area (Å²) in [5.41, 5.74) is 0.916. The molecule has 0 aliphatic carbocycles. The molecule has 0 saturated carbocycles. The minimum absolute atomic E-state index is 0.00483. The van der Waals surface area contributed by atoms with Crippen LogP contribution in [-0.4, -0.2) is 32.1 Å². The average Bonchev–Trinajstić information content (AvgIpc) is 2.36. The van der Waals surface area contributed by atoms with Crippen LogP contribution in [0.1, 0.15) is 12.0 Å². The molecule has 0 bridgehead atoms. The van der Waals surface area contributed by atoms with Gasteiger partial charge in [-0.1, -0.05) is 30.3 Å². The third kappa shape index (κ3) is 7.81. The summed E-state index contributed by atoms with van der Waals surface area (Å²) >= 11 is 0. The van der Waals surface area contributed by atoms with Crippen LogP contribution >= 0.6 is 0 Å². The van der Waals surface area contributed by atoms with Gasteiger partial charge in [0.15, 0.2) is 0 Å². The van der Waals surface area contributed by atoms with E-state index in [0.717, 1.165) is 5.56 Å². The van der Waals surface area contributed by atoms with Crippen LogP contribution < -0.4 is 0 Å². The summed E-state index contributed by atoms with van der Waals surface area (Å²) in [7, 11) is 0. The minimum Gasteiger partial charge on any atom is -0.374 e. The Morgan fingerprint density at radius 1 is 1.16 bits per heavy atom. The minimum atomic E-state index is -4.39. The van der Waals surface area contributed by atoms with Gasteiger partial charge in [-0.25, -0.2) is 5.11 Å². The predicted octanol–water partition coefficient (Wildman–Crippen LogP) is 2.97. The maximum absolute atomic E-state index is 12.0. The molecule has 1 atom stereocenters. The third-order valence-electron chi connectivity index (χ3n) is 2.34. The van der Waals surface area contributed by atoms with Gasteiger partial charge < -0.3 is 9.47 Å². The Balaban J connectivity index is 2.29. The fourth-order valence-corrected chi connectivity index (χ4v) is 1.44. The summed E-state index contributed by atoms with van der Waals surface area (Å²) < 4.78 is 45.9. The second kappa shape index (κ2) is 8.14. The largest absolute Gasteiger partial charge is 0.411 e. The van der Waals surface area contributed by atoms with E-state index >= 15 is 0 Å². The molecule has 1 aromatic carbocycles. The van der Waals surface area contributed by atoms with Gasteiger partial charge in [-0.15, -0.1) is 0 Å². The zero-order chi connectivity index (χ0) is 14.1. The average molecular weight is 277 g/mol. The van der Waals surface area contributed by atoms with Crippen molar-refractivity contribution in [1.29, 1.82) is 0 Å². The van der Waals surface area contributed by atoms with Gasteiger partial charge in [-0.3, -0.25) is 0 Å². The number of hydrogen-bond donors (Lipinski definition) is 0. The molecule has 107 valence electrons. The number of halogens is 3. The number of hydrogen-bond acceptors (Lipinski definition) is 2. The molecule has 0 aliphatic heterocycles. The molecule has 0 amide bonds. The smallest absolute Gasteiger partial charge is 0.374 e. The summed E-state index contributed by atoms with van der Waals surface area (Å²) in [4.78, 5) is 0. The Bertz CT molecular complexity index is 341. The van der Waals surface area contributed by atoms with Crippen molar-refractivity contribution in [2.45, 2.75) is 25.3 Å². The van der Waals surface area contributed by atoms with Gasteiger partial charge >= 0.3 is 6.18 Å². The second-order valence-corrected chi connectivity index (χ2v) is 4.04. The second-order valence-electron chi connectivity index (χ2n) is 4.04. The van der Waals surface area contributed by atoms with Gasteiger partial charge in [0.1, 0.15) is 6.61 Å². The predicted molar refractivity (Wildman–Crippen MR) is 62.1 cm³/mol. The fraction of sp³-hybridized carbons (Fsp3) is 0.538. The Morgan fingerprint density at radius 2 is 1.84 bits per heavy atom. The van der Waals surface area contributed by atoms with Gasteiger partial charge in [-0.2, -0.15) is 13.2 Å². The van der Waals surface area contributed by atoms with E-state index in [1.165, 1.54) is 0 Å². The van der Waals surface area contributed by atoms with Crippen molar-refractivity contribution in [3.63, 3.8) is 0 Å². The standard InChI is InChI=1S/C13H16F3O3/c14-13(15,16)10-19-12(6-7-17)9-18-8-11-4-2-1-3-5-11/h1-5,12H,6-10H2. The van der Waals surface area contributed by atoms with E-state index in [1.54, 1.807) is 0 Å². The van der Waals surface area contributed by atoms with Crippen LogP contribution in [0.15, 0.2) is 30.3 Å². The number of rotatable bonds is 8. The highest BCUT2D eigenvalue weighted by Gasteiger charge is 2.29. The molecule has 0 spiro atoms. The van der Waals surface area contributed by atoms with Crippen molar-refractivity contribution in [3.8, 4) is 0 Å². The van der Waals surface area contributed by atoms with Crippen molar-refractivity contribution >= 4 is 0 Å². The molecule has 0 heterocycles. The summed E-state index contributed by atoms with van der Waals surface area (Å²) in [5.74, 6) is 0. The van der Waals surface area contributed by atoms with Crippen molar-refractivity contribution in [2.24, 2.45) is 0 Å².